The molecule has 0 atom stereocenters. The molecule has 0 fully saturated rings. The molecule has 2 heterocycles. The summed E-state index contributed by atoms with van der Waals surface area (Å²) in [5, 5.41) is 21.5. The van der Waals surface area contributed by atoms with E-state index < -0.39 is 5.82 Å². The molecule has 4 aromatic rings. The van der Waals surface area contributed by atoms with Crippen LogP contribution in [0.25, 0.3) is 34.0 Å². The van der Waals surface area contributed by atoms with E-state index in [0.717, 1.165) is 4.73 Å². The van der Waals surface area contributed by atoms with Crippen LogP contribution in [0.15, 0.2) is 53.8 Å². The quantitative estimate of drug-likeness (QED) is 0.227. The minimum Gasteiger partial charge on any atom is -0.508 e. The number of phenolic OH excluding ortho intramolecular Hbond substituents is 1. The molecule has 2 aromatic heterocycles. The molecule has 0 amide bonds. The first-order valence-electron chi connectivity index (χ1n) is 8.52. The van der Waals surface area contributed by atoms with Gasteiger partial charge < -0.3 is 10.3 Å². The highest BCUT2D eigenvalue weighted by Gasteiger charge is 2.25. The Morgan fingerprint density at radius 1 is 1.03 bits per heavy atom. The Hall–Kier alpha value is -2.81. The summed E-state index contributed by atoms with van der Waals surface area (Å²) in [7, 11) is 0. The lowest BCUT2D eigenvalue weighted by Crippen LogP contribution is -1.99. The van der Waals surface area contributed by atoms with E-state index >= 15 is 0 Å². The van der Waals surface area contributed by atoms with Gasteiger partial charge in [-0.3, -0.25) is 0 Å². The summed E-state index contributed by atoms with van der Waals surface area (Å²) < 4.78 is 14.3. The van der Waals surface area contributed by atoms with Gasteiger partial charge in [0, 0.05) is 11.8 Å². The summed E-state index contributed by atoms with van der Waals surface area (Å²) in [5.41, 5.74) is 1.79. The molecule has 0 aliphatic heterocycles. The monoisotopic (exact) mass is 462 g/mol. The Balaban J connectivity index is 2.02. The van der Waals surface area contributed by atoms with Gasteiger partial charge in [0.2, 0.25) is 0 Å². The second kappa shape index (κ2) is 8.14. The first-order valence-corrected chi connectivity index (χ1v) is 10.5. The molecule has 4 rings (SSSR count). The fraction of sp³-hybridized carbons (Fsp3) is 0.0500. The van der Waals surface area contributed by atoms with E-state index in [-0.39, 0.29) is 32.9 Å². The molecule has 0 spiro atoms. The van der Waals surface area contributed by atoms with Gasteiger partial charge in [-0.2, -0.15) is 4.73 Å². The molecule has 0 saturated heterocycles. The van der Waals surface area contributed by atoms with Gasteiger partial charge in [-0.15, -0.1) is 0 Å². The van der Waals surface area contributed by atoms with Crippen LogP contribution in [0.4, 0.5) is 4.39 Å². The molecule has 2 aromatic carbocycles. The Morgan fingerprint density at radius 2 is 1.70 bits per heavy atom. The molecule has 6 nitrogen and oxygen atoms in total. The average Bonchev–Trinajstić information content (AvgIpc) is 3.05. The molecular formula is C20H13Cl2FN4O2S. The maximum absolute atomic E-state index is 13.5. The molecular weight excluding hydrogens is 450 g/mol. The SMILES string of the molecule is CSc1nccc(-c2nc(-c3c(Cl)cc(O)cc3Cl)n(O)c2-c2ccc(F)cc2)n1. The van der Waals surface area contributed by atoms with E-state index in [4.69, 9.17) is 23.2 Å². The van der Waals surface area contributed by atoms with E-state index in [1.165, 1.54) is 48.2 Å². The second-order valence-electron chi connectivity index (χ2n) is 6.16. The predicted molar refractivity (Wildman–Crippen MR) is 115 cm³/mol. The zero-order valence-electron chi connectivity index (χ0n) is 15.3. The summed E-state index contributed by atoms with van der Waals surface area (Å²) in [6.45, 7) is 0. The maximum atomic E-state index is 13.5. The minimum absolute atomic E-state index is 0.0450. The van der Waals surface area contributed by atoms with Crippen molar-refractivity contribution in [3.8, 4) is 39.8 Å². The number of imidazole rings is 1. The number of hydrogen-bond acceptors (Lipinski definition) is 6. The minimum atomic E-state index is -0.416. The third kappa shape index (κ3) is 3.69. The van der Waals surface area contributed by atoms with Gasteiger partial charge in [0.05, 0.1) is 21.3 Å². The van der Waals surface area contributed by atoms with Crippen LogP contribution in [-0.2, 0) is 0 Å². The van der Waals surface area contributed by atoms with Gasteiger partial charge in [-0.05, 0) is 48.7 Å². The van der Waals surface area contributed by atoms with Crippen molar-refractivity contribution in [3.63, 3.8) is 0 Å². The molecule has 152 valence electrons. The Kier molecular flexibility index (Phi) is 5.55. The normalized spacial score (nSPS) is 11.1. The van der Waals surface area contributed by atoms with Crippen molar-refractivity contribution in [1.82, 2.24) is 19.7 Å². The molecule has 30 heavy (non-hydrogen) atoms. The second-order valence-corrected chi connectivity index (χ2v) is 7.75. The Labute approximate surface area is 184 Å². The number of halogens is 3. The highest BCUT2D eigenvalue weighted by Crippen LogP contribution is 2.41. The van der Waals surface area contributed by atoms with Gasteiger partial charge in [-0.1, -0.05) is 35.0 Å². The van der Waals surface area contributed by atoms with Crippen molar-refractivity contribution in [2.45, 2.75) is 5.16 Å². The molecule has 0 aliphatic rings. The third-order valence-corrected chi connectivity index (χ3v) is 5.44. The number of aromatic nitrogens is 4. The lowest BCUT2D eigenvalue weighted by molar-refractivity contribution is 0.195. The van der Waals surface area contributed by atoms with Crippen molar-refractivity contribution in [2.75, 3.05) is 6.26 Å². The summed E-state index contributed by atoms with van der Waals surface area (Å²) in [4.78, 5) is 13.2. The Morgan fingerprint density at radius 3 is 2.33 bits per heavy atom. The fourth-order valence-electron chi connectivity index (χ4n) is 2.96. The maximum Gasteiger partial charge on any atom is 0.187 e. The number of thioether (sulfide) groups is 1. The van der Waals surface area contributed by atoms with Crippen LogP contribution in [0.5, 0.6) is 5.75 Å². The van der Waals surface area contributed by atoms with Crippen molar-refractivity contribution in [3.05, 3.63) is 64.5 Å². The van der Waals surface area contributed by atoms with Crippen LogP contribution < -0.4 is 0 Å². The van der Waals surface area contributed by atoms with Crippen LogP contribution >= 0.6 is 35.0 Å². The predicted octanol–water partition coefficient (Wildman–Crippen LogP) is 5.78. The zero-order chi connectivity index (χ0) is 21.4. The summed E-state index contributed by atoms with van der Waals surface area (Å²) >= 11 is 13.9. The zero-order valence-corrected chi connectivity index (χ0v) is 17.7. The summed E-state index contributed by atoms with van der Waals surface area (Å²) in [5.74, 6) is -0.492. The number of hydrogen-bond donors (Lipinski definition) is 2. The molecule has 0 saturated carbocycles. The van der Waals surface area contributed by atoms with Gasteiger partial charge in [0.1, 0.15) is 23.0 Å². The van der Waals surface area contributed by atoms with Gasteiger partial charge in [-0.25, -0.2) is 19.3 Å². The van der Waals surface area contributed by atoms with Crippen molar-refractivity contribution in [2.24, 2.45) is 0 Å². The van der Waals surface area contributed by atoms with Crippen LogP contribution in [-0.4, -0.2) is 36.3 Å². The smallest absolute Gasteiger partial charge is 0.187 e. The molecule has 0 bridgehead atoms. The molecule has 10 heteroatoms. The first kappa shape index (κ1) is 20.5. The lowest BCUT2D eigenvalue weighted by Gasteiger charge is -2.09. The van der Waals surface area contributed by atoms with Crippen molar-refractivity contribution < 1.29 is 14.7 Å². The molecule has 0 aliphatic carbocycles. The van der Waals surface area contributed by atoms with E-state index in [2.05, 4.69) is 15.0 Å². The molecule has 0 unspecified atom stereocenters. The van der Waals surface area contributed by atoms with Crippen molar-refractivity contribution >= 4 is 35.0 Å². The number of rotatable bonds is 4. The molecule has 0 radical (unpaired) electrons. The highest BCUT2D eigenvalue weighted by molar-refractivity contribution is 7.98. The van der Waals surface area contributed by atoms with Crippen LogP contribution in [0.2, 0.25) is 10.0 Å². The largest absolute Gasteiger partial charge is 0.508 e. The van der Waals surface area contributed by atoms with Gasteiger partial charge >= 0.3 is 0 Å². The van der Waals surface area contributed by atoms with E-state index in [0.29, 0.717) is 22.1 Å². The van der Waals surface area contributed by atoms with Crippen LogP contribution in [0.1, 0.15) is 0 Å². The third-order valence-electron chi connectivity index (χ3n) is 4.28. The number of phenols is 1. The topological polar surface area (TPSA) is 84.1 Å². The van der Waals surface area contributed by atoms with Crippen LogP contribution in [0.3, 0.4) is 0 Å². The number of nitrogens with zero attached hydrogens (tertiary/aromatic N) is 4. The summed E-state index contributed by atoms with van der Waals surface area (Å²) in [6.07, 6.45) is 3.42. The van der Waals surface area contributed by atoms with E-state index in [9.17, 15) is 14.7 Å². The number of benzene rings is 2. The number of aromatic hydroxyl groups is 1. The molecule has 2 N–H and O–H groups in total. The Bertz CT molecular complexity index is 1230. The van der Waals surface area contributed by atoms with Gasteiger partial charge in [0.25, 0.3) is 0 Å². The standard InChI is InChI=1S/C20H13Cl2FN4O2S/c1-30-20-24-7-6-15(25-20)17-18(10-2-4-11(23)5-3-10)27(29)19(26-17)16-13(21)8-12(28)9-14(16)22/h2-9,28-29H,1H3. The van der Waals surface area contributed by atoms with E-state index in [1.54, 1.807) is 12.3 Å². The van der Waals surface area contributed by atoms with Crippen molar-refractivity contribution in [1.29, 1.82) is 0 Å². The van der Waals surface area contributed by atoms with Crippen LogP contribution in [0, 0.1) is 5.82 Å². The lowest BCUT2D eigenvalue weighted by atomic mass is 10.1. The van der Waals surface area contributed by atoms with E-state index in [1.807, 2.05) is 6.26 Å². The highest BCUT2D eigenvalue weighted by atomic mass is 35.5. The fourth-order valence-corrected chi connectivity index (χ4v) is 3.96. The first-order chi connectivity index (χ1) is 14.4. The summed E-state index contributed by atoms with van der Waals surface area (Å²) in [6, 6.07) is 9.83. The van der Waals surface area contributed by atoms with Gasteiger partial charge in [0.15, 0.2) is 11.0 Å². The average molecular weight is 463 g/mol.